The molecule has 0 bridgehead atoms. The molecule has 7 rings (SSSR count). The molecule has 544 valence electrons. The van der Waals surface area contributed by atoms with Gasteiger partial charge in [0, 0.05) is 87.7 Å². The van der Waals surface area contributed by atoms with Crippen LogP contribution >= 0.6 is 23.7 Å². The summed E-state index contributed by atoms with van der Waals surface area (Å²) in [5, 5.41) is 119. The standard InChI is InChI=1S/C66H92N10O21S2.Na/c1-6-7-11-14-36(2)57(84)67-26-25-49(81)54-66(91)76-34-37(3)56(83)55(76)62(89)68-33-43(78)31-46(69-58(85)40-16-18-41(19-17-40)63-73-74-64(98-63)42-20-22-45(23-21-42)94-28-13-10-8-9-12-27-93-5)59(86)70-52(38(4)77)65(90)75-35-44(79)32-47(75)60(87)71-53(61(88)72-54)50(82)29-39-15-24-48(80)51(30-39)95-99-97-96-92;/h15-24,30,36-38,43-44,46-47,49-50,52-56,77-83,92H,6-14,25-29,31-35H2,1-5H3,(H,67,84)(H,68,89)(H,69,85)(H,70,86)(H,71,87)(H,72,88);/q;+1/p-1/t36-,37+,38-,43-,44-,46-,47-,49+,50+,52-,53-,54-,55-,56-;/m0./s1. The van der Waals surface area contributed by atoms with Crippen LogP contribution in [0.15, 0.2) is 66.7 Å². The minimum absolute atomic E-state index is 0. The van der Waals surface area contributed by atoms with E-state index < -0.39 is 171 Å². The number of aliphatic hydroxyl groups excluding tert-OH is 6. The molecule has 31 nitrogen and oxygen atoms in total. The summed E-state index contributed by atoms with van der Waals surface area (Å²) in [6.07, 6.45) is -4.35. The van der Waals surface area contributed by atoms with Gasteiger partial charge >= 0.3 is 29.6 Å². The molecule has 8 amide bonds. The third-order valence-corrected chi connectivity index (χ3v) is 18.9. The number of nitrogens with one attached hydrogen (secondary N) is 6. The maximum atomic E-state index is 15.1. The first-order valence-corrected chi connectivity index (χ1v) is 34.7. The summed E-state index contributed by atoms with van der Waals surface area (Å²) in [6.45, 7) is 5.82. The monoisotopic (exact) mass is 1450 g/mol. The number of phenols is 1. The van der Waals surface area contributed by atoms with Crippen LogP contribution in [0, 0.1) is 11.8 Å². The fourth-order valence-electron chi connectivity index (χ4n) is 11.8. The van der Waals surface area contributed by atoms with Crippen molar-refractivity contribution in [2.24, 2.45) is 11.8 Å². The number of phenolic OH excluding ortho intramolecular Hbond substituents is 1. The SMILES string of the molecule is CCCCC[C@H](C)C(=O)NCC[C@@H](O)[C@@H]1NC(=O)[C@H]([C@H](O)Cc2ccc(O)c(OSOO[O-])c2)NC(=O)[C@@H]2C[C@H](O)CN2C(=O)[C@H]([C@H](C)O)NC(=O)[C@@H](NC(=O)c2ccc(-c3nnc(-c4ccc(OCCCCCCCOC)cc4)s3)cc2)C[C@H](O)CNC(=O)[C@@H]2[C@@H](O)[C@H](C)CN2C1=O.[Na+]. The van der Waals surface area contributed by atoms with E-state index in [-0.39, 0.29) is 77.8 Å². The van der Waals surface area contributed by atoms with Crippen LogP contribution in [0.5, 0.6) is 17.2 Å². The normalized spacial score (nSPS) is 23.8. The van der Waals surface area contributed by atoms with E-state index in [4.69, 9.17) is 13.7 Å². The van der Waals surface area contributed by atoms with Crippen LogP contribution in [-0.4, -0.2) is 222 Å². The van der Waals surface area contributed by atoms with E-state index in [0.717, 1.165) is 92.4 Å². The second kappa shape index (κ2) is 40.8. The molecular formula is C66H91N10NaO21S2. The third-order valence-electron chi connectivity index (χ3n) is 17.5. The van der Waals surface area contributed by atoms with Gasteiger partial charge in [0.05, 0.1) is 43.2 Å². The van der Waals surface area contributed by atoms with E-state index in [1.807, 2.05) is 31.2 Å². The van der Waals surface area contributed by atoms with E-state index in [2.05, 4.69) is 51.5 Å². The number of aromatic hydroxyl groups is 1. The van der Waals surface area contributed by atoms with Crippen molar-refractivity contribution in [3.8, 4) is 38.4 Å². The van der Waals surface area contributed by atoms with Crippen LogP contribution in [0.4, 0.5) is 0 Å². The van der Waals surface area contributed by atoms with Crippen LogP contribution in [-0.2, 0) is 54.1 Å². The average Bonchev–Trinajstić information content (AvgIpc) is 1.62. The number of carbonyl (C=O) groups is 8. The second-order valence-electron chi connectivity index (χ2n) is 25.2. The minimum Gasteiger partial charge on any atom is -0.691 e. The number of fused-ring (bicyclic) bond motifs is 2. The quantitative estimate of drug-likeness (QED) is 0.00836. The zero-order valence-electron chi connectivity index (χ0n) is 56.8. The Bertz CT molecular complexity index is 3330. The van der Waals surface area contributed by atoms with Gasteiger partial charge in [-0.05, 0) is 86.7 Å². The molecule has 0 spiro atoms. The number of β-amino-alcohol motifs (C(OH)–C–C–N with tert-alkyl or cyclic N) is 1. The topological polar surface area (TPSA) is 452 Å². The molecule has 3 aliphatic heterocycles. The number of aliphatic hydroxyl groups is 6. The average molecular weight is 1450 g/mol. The summed E-state index contributed by atoms with van der Waals surface area (Å²) >= 11 is 1.30. The first kappa shape index (κ1) is 82.3. The zero-order valence-corrected chi connectivity index (χ0v) is 60.5. The molecule has 1 aromatic heterocycles. The number of ether oxygens (including phenoxy) is 2. The number of hydrogen-bond acceptors (Lipinski definition) is 25. The number of benzene rings is 3. The Morgan fingerprint density at radius 2 is 1.38 bits per heavy atom. The van der Waals surface area contributed by atoms with Gasteiger partial charge < -0.3 is 96.4 Å². The van der Waals surface area contributed by atoms with Crippen molar-refractivity contribution in [1.29, 1.82) is 0 Å². The smallest absolute Gasteiger partial charge is 0.691 e. The predicted molar refractivity (Wildman–Crippen MR) is 356 cm³/mol. The molecule has 4 heterocycles. The maximum absolute atomic E-state index is 15.1. The van der Waals surface area contributed by atoms with Crippen molar-refractivity contribution >= 4 is 70.9 Å². The number of hydrogen-bond donors (Lipinski definition) is 13. The van der Waals surface area contributed by atoms with E-state index in [0.29, 0.717) is 34.4 Å². The summed E-state index contributed by atoms with van der Waals surface area (Å²) in [5.74, 6) is -9.71. The first-order valence-electron chi connectivity index (χ1n) is 33.2. The fraction of sp³-hybridized carbons (Fsp3) is 0.576. The number of unbranched alkanes of at least 4 members (excludes halogenated alkanes) is 6. The molecule has 3 aromatic carbocycles. The van der Waals surface area contributed by atoms with Crippen LogP contribution in [0.25, 0.3) is 21.1 Å². The van der Waals surface area contributed by atoms with E-state index in [1.54, 1.807) is 26.2 Å². The summed E-state index contributed by atoms with van der Waals surface area (Å²) in [7, 11) is 1.70. The molecule has 100 heavy (non-hydrogen) atoms. The van der Waals surface area contributed by atoms with Crippen molar-refractivity contribution in [1.82, 2.24) is 51.9 Å². The van der Waals surface area contributed by atoms with E-state index in [1.165, 1.54) is 36.5 Å². The largest absolute Gasteiger partial charge is 1.00 e. The van der Waals surface area contributed by atoms with Gasteiger partial charge in [0.15, 0.2) is 11.5 Å². The number of rotatable bonds is 30. The Labute approximate surface area is 609 Å². The summed E-state index contributed by atoms with van der Waals surface area (Å²) in [4.78, 5) is 118. The van der Waals surface area contributed by atoms with Crippen LogP contribution < -0.4 is 75.6 Å². The van der Waals surface area contributed by atoms with Crippen LogP contribution in [0.2, 0.25) is 0 Å². The van der Waals surface area contributed by atoms with Gasteiger partial charge in [-0.2, -0.15) is 0 Å². The molecule has 3 saturated heterocycles. The molecule has 34 heteroatoms. The van der Waals surface area contributed by atoms with Crippen LogP contribution in [0.3, 0.4) is 0 Å². The van der Waals surface area contributed by atoms with Gasteiger partial charge in [-0.15, -0.1) is 14.5 Å². The van der Waals surface area contributed by atoms with Gasteiger partial charge in [-0.25, -0.2) is 0 Å². The number of nitrogens with zero attached hydrogens (tertiary/aromatic N) is 4. The third kappa shape index (κ3) is 23.4. The summed E-state index contributed by atoms with van der Waals surface area (Å²) in [5.41, 5.74) is 1.49. The zero-order chi connectivity index (χ0) is 71.9. The molecule has 0 saturated carbocycles. The van der Waals surface area contributed by atoms with Crippen molar-refractivity contribution in [3.63, 3.8) is 0 Å². The molecule has 3 aliphatic rings. The number of methoxy groups -OCH3 is 1. The molecule has 0 radical (unpaired) electrons. The Kier molecular flexibility index (Phi) is 33.6. The number of aromatic nitrogens is 2. The molecule has 0 unspecified atom stereocenters. The van der Waals surface area contributed by atoms with Gasteiger partial charge in [-0.1, -0.05) is 88.8 Å². The predicted octanol–water partition coefficient (Wildman–Crippen LogP) is -2.61. The van der Waals surface area contributed by atoms with Gasteiger partial charge in [0.25, 0.3) is 18.2 Å². The summed E-state index contributed by atoms with van der Waals surface area (Å²) < 4.78 is 20.3. The summed E-state index contributed by atoms with van der Waals surface area (Å²) in [6, 6.07) is 5.66. The van der Waals surface area contributed by atoms with Crippen LogP contribution in [0.1, 0.15) is 121 Å². The van der Waals surface area contributed by atoms with Gasteiger partial charge in [0.1, 0.15) is 52.0 Å². The van der Waals surface area contributed by atoms with Crippen molar-refractivity contribution in [3.05, 3.63) is 77.9 Å². The van der Waals surface area contributed by atoms with E-state index in [9.17, 15) is 74.6 Å². The number of carbonyl (C=O) groups excluding carboxylic acids is 8. The van der Waals surface area contributed by atoms with Crippen molar-refractivity contribution < 1.29 is 132 Å². The minimum atomic E-state index is -2.16. The molecule has 0 aliphatic carbocycles. The maximum Gasteiger partial charge on any atom is 1.00 e. The van der Waals surface area contributed by atoms with Gasteiger partial charge in [0.2, 0.25) is 41.4 Å². The first-order chi connectivity index (χ1) is 47.4. The molecule has 4 aromatic rings. The Balaban J connectivity index is 0.0000157. The van der Waals surface area contributed by atoms with Gasteiger partial charge in [-0.3, -0.25) is 43.4 Å². The van der Waals surface area contributed by atoms with Crippen molar-refractivity contribution in [2.75, 3.05) is 46.5 Å². The second-order valence-corrected chi connectivity index (χ2v) is 26.6. The molecular weight excluding hydrogens is 1360 g/mol. The van der Waals surface area contributed by atoms with Crippen molar-refractivity contribution in [2.45, 2.75) is 184 Å². The molecule has 13 N–H and O–H groups in total. The fourth-order valence-corrected chi connectivity index (χ4v) is 12.9. The molecule has 14 atom stereocenters. The number of amides is 8. The Morgan fingerprint density at radius 1 is 0.740 bits per heavy atom. The Hall–Kier alpha value is -6.67. The van der Waals surface area contributed by atoms with E-state index >= 15 is 4.79 Å². The molecule has 3 fully saturated rings. The Morgan fingerprint density at radius 3 is 2.04 bits per heavy atom.